The Labute approximate surface area is 206 Å². The first-order valence-corrected chi connectivity index (χ1v) is 12.4. The van der Waals surface area contributed by atoms with E-state index >= 15 is 0 Å². The summed E-state index contributed by atoms with van der Waals surface area (Å²) in [7, 11) is 0. The Morgan fingerprint density at radius 3 is 2.66 bits per heavy atom. The van der Waals surface area contributed by atoms with Crippen LogP contribution < -0.4 is 0 Å². The first kappa shape index (κ1) is 25.1. The lowest BCUT2D eigenvalue weighted by Crippen LogP contribution is -2.44. The highest BCUT2D eigenvalue weighted by Gasteiger charge is 2.40. The topological polar surface area (TPSA) is 105 Å². The van der Waals surface area contributed by atoms with Gasteiger partial charge in [-0.2, -0.15) is 5.26 Å². The second-order valence-electron chi connectivity index (χ2n) is 11.0. The molecule has 1 fully saturated rings. The van der Waals surface area contributed by atoms with Gasteiger partial charge in [-0.15, -0.1) is 0 Å². The van der Waals surface area contributed by atoms with E-state index in [9.17, 15) is 20.0 Å². The van der Waals surface area contributed by atoms with Gasteiger partial charge in [-0.05, 0) is 83.6 Å². The summed E-state index contributed by atoms with van der Waals surface area (Å²) < 4.78 is 13.1. The maximum Gasteiger partial charge on any atom is 0.410 e. The number of carbonyl (C=O) groups excluding carboxylic acids is 2. The van der Waals surface area contributed by atoms with Crippen molar-refractivity contribution in [2.45, 2.75) is 90.7 Å². The summed E-state index contributed by atoms with van der Waals surface area (Å²) >= 11 is 0. The number of benzene rings is 1. The van der Waals surface area contributed by atoms with Gasteiger partial charge in [0.25, 0.3) is 0 Å². The molecule has 0 radical (unpaired) electrons. The zero-order chi connectivity index (χ0) is 25.5. The number of carbonyl (C=O) groups is 2. The summed E-state index contributed by atoms with van der Waals surface area (Å²) in [5, 5.41) is 21.2. The number of esters is 1. The van der Waals surface area contributed by atoms with Gasteiger partial charge in [-0.3, -0.25) is 4.79 Å². The number of ether oxygens (including phenoxy) is 2. The Balaban J connectivity index is 1.65. The minimum absolute atomic E-state index is 0.114. The lowest BCUT2D eigenvalue weighted by atomic mass is 10.0. The fourth-order valence-electron chi connectivity index (χ4n) is 5.33. The Morgan fingerprint density at radius 1 is 1.26 bits per heavy atom. The number of aliphatic hydroxyl groups excluding tert-OH is 1. The number of hydrogen-bond donors (Lipinski definition) is 1. The lowest BCUT2D eigenvalue weighted by Gasteiger charge is -2.30. The van der Waals surface area contributed by atoms with Crippen molar-refractivity contribution in [3.63, 3.8) is 0 Å². The molecule has 4 rings (SSSR count). The second-order valence-corrected chi connectivity index (χ2v) is 11.0. The van der Waals surface area contributed by atoms with Crippen molar-refractivity contribution in [2.75, 3.05) is 6.54 Å². The first-order valence-electron chi connectivity index (χ1n) is 12.4. The van der Waals surface area contributed by atoms with Gasteiger partial charge in [0.15, 0.2) is 0 Å². The molecule has 1 aromatic carbocycles. The van der Waals surface area contributed by atoms with E-state index in [1.165, 1.54) is 0 Å². The fourth-order valence-corrected chi connectivity index (χ4v) is 5.33. The maximum absolute atomic E-state index is 12.9. The van der Waals surface area contributed by atoms with Crippen LogP contribution in [0.3, 0.4) is 0 Å². The Bertz CT molecular complexity index is 1170. The third kappa shape index (κ3) is 5.30. The van der Waals surface area contributed by atoms with Crippen LogP contribution in [-0.2, 0) is 33.7 Å². The SMILES string of the molecule is CC(C)OC(=O)C[C@H]1Cc2c(n(C[C@@H]3[C@@H](O)CCN3C(=O)OC(C)(C)C)c3ccc(C#N)cc23)C1. The highest BCUT2D eigenvalue weighted by molar-refractivity contribution is 5.88. The molecule has 0 spiro atoms. The molecule has 3 atom stereocenters. The summed E-state index contributed by atoms with van der Waals surface area (Å²) in [6, 6.07) is 7.42. The summed E-state index contributed by atoms with van der Waals surface area (Å²) in [5.74, 6) is -0.0888. The molecule has 2 aromatic rings. The first-order chi connectivity index (χ1) is 16.5. The number of rotatable bonds is 5. The number of nitrogens with zero attached hydrogens (tertiary/aromatic N) is 3. The van der Waals surface area contributed by atoms with E-state index in [0.29, 0.717) is 37.9 Å². The van der Waals surface area contributed by atoms with E-state index in [1.54, 1.807) is 11.0 Å². The van der Waals surface area contributed by atoms with E-state index in [2.05, 4.69) is 10.6 Å². The molecular formula is C27H35N3O5. The van der Waals surface area contributed by atoms with E-state index in [1.807, 2.05) is 46.8 Å². The number of fused-ring (bicyclic) bond motifs is 3. The van der Waals surface area contributed by atoms with Crippen molar-refractivity contribution < 1.29 is 24.2 Å². The molecule has 8 nitrogen and oxygen atoms in total. The molecule has 2 aliphatic rings. The third-order valence-corrected chi connectivity index (χ3v) is 6.72. The van der Waals surface area contributed by atoms with Crippen molar-refractivity contribution in [1.82, 2.24) is 9.47 Å². The van der Waals surface area contributed by atoms with Gasteiger partial charge in [-0.1, -0.05) is 0 Å². The predicted molar refractivity (Wildman–Crippen MR) is 131 cm³/mol. The lowest BCUT2D eigenvalue weighted by molar-refractivity contribution is -0.148. The number of aliphatic hydroxyl groups is 1. The molecule has 0 saturated carbocycles. The van der Waals surface area contributed by atoms with Gasteiger partial charge < -0.3 is 24.0 Å². The van der Waals surface area contributed by atoms with Crippen LogP contribution in [0.2, 0.25) is 0 Å². The van der Waals surface area contributed by atoms with Crippen LogP contribution in [0.15, 0.2) is 18.2 Å². The van der Waals surface area contributed by atoms with Gasteiger partial charge in [-0.25, -0.2) is 4.79 Å². The van der Waals surface area contributed by atoms with Crippen LogP contribution in [0.4, 0.5) is 4.79 Å². The monoisotopic (exact) mass is 481 g/mol. The maximum atomic E-state index is 12.9. The van der Waals surface area contributed by atoms with E-state index in [4.69, 9.17) is 9.47 Å². The molecule has 1 saturated heterocycles. The molecule has 1 aliphatic heterocycles. The van der Waals surface area contributed by atoms with E-state index in [-0.39, 0.29) is 18.0 Å². The Hall–Kier alpha value is -3.05. The number of aromatic nitrogens is 1. The molecule has 1 aliphatic carbocycles. The van der Waals surface area contributed by atoms with Crippen LogP contribution in [-0.4, -0.2) is 57.0 Å². The molecule has 0 bridgehead atoms. The average molecular weight is 482 g/mol. The van der Waals surface area contributed by atoms with Gasteiger partial charge in [0, 0.05) is 36.1 Å². The highest BCUT2D eigenvalue weighted by atomic mass is 16.6. The van der Waals surface area contributed by atoms with Crippen molar-refractivity contribution in [1.29, 1.82) is 5.26 Å². The van der Waals surface area contributed by atoms with Crippen LogP contribution in [0, 0.1) is 17.2 Å². The molecule has 1 aromatic heterocycles. The number of nitriles is 1. The Morgan fingerprint density at radius 2 is 2.00 bits per heavy atom. The Kier molecular flexibility index (Phi) is 6.83. The molecule has 1 amide bonds. The molecule has 0 unspecified atom stereocenters. The van der Waals surface area contributed by atoms with Crippen molar-refractivity contribution in [3.8, 4) is 6.07 Å². The number of hydrogen-bond acceptors (Lipinski definition) is 6. The van der Waals surface area contributed by atoms with E-state index < -0.39 is 23.8 Å². The summed E-state index contributed by atoms with van der Waals surface area (Å²) in [5.41, 5.74) is 3.16. The third-order valence-electron chi connectivity index (χ3n) is 6.72. The van der Waals surface area contributed by atoms with Gasteiger partial charge in [0.2, 0.25) is 0 Å². The average Bonchev–Trinajstić information content (AvgIpc) is 3.40. The van der Waals surface area contributed by atoms with Crippen LogP contribution in [0.25, 0.3) is 10.9 Å². The molecular weight excluding hydrogens is 446 g/mol. The van der Waals surface area contributed by atoms with Gasteiger partial charge >= 0.3 is 12.1 Å². The van der Waals surface area contributed by atoms with Crippen LogP contribution in [0.1, 0.15) is 64.3 Å². The summed E-state index contributed by atoms with van der Waals surface area (Å²) in [4.78, 5) is 26.8. The van der Waals surface area contributed by atoms with Crippen molar-refractivity contribution >= 4 is 23.0 Å². The van der Waals surface area contributed by atoms with Gasteiger partial charge in [0.1, 0.15) is 5.60 Å². The smallest absolute Gasteiger partial charge is 0.410 e. The summed E-state index contributed by atoms with van der Waals surface area (Å²) in [6.45, 7) is 10.0. The number of amides is 1. The number of likely N-dealkylation sites (tertiary alicyclic amines) is 1. The fraction of sp³-hybridized carbons (Fsp3) is 0.593. The minimum atomic E-state index is -0.660. The quantitative estimate of drug-likeness (QED) is 0.649. The normalized spacial score (nSPS) is 21.9. The summed E-state index contributed by atoms with van der Waals surface area (Å²) in [6.07, 6.45) is 1.02. The molecule has 8 heteroatoms. The predicted octanol–water partition coefficient (Wildman–Crippen LogP) is 3.94. The zero-order valence-corrected chi connectivity index (χ0v) is 21.2. The van der Waals surface area contributed by atoms with Crippen LogP contribution in [0.5, 0.6) is 0 Å². The molecule has 35 heavy (non-hydrogen) atoms. The van der Waals surface area contributed by atoms with E-state index in [0.717, 1.165) is 28.6 Å². The second kappa shape index (κ2) is 9.54. The minimum Gasteiger partial charge on any atom is -0.463 e. The molecule has 2 heterocycles. The van der Waals surface area contributed by atoms with Crippen molar-refractivity contribution in [3.05, 3.63) is 35.0 Å². The highest BCUT2D eigenvalue weighted by Crippen LogP contribution is 2.38. The van der Waals surface area contributed by atoms with Crippen molar-refractivity contribution in [2.24, 2.45) is 5.92 Å². The standard InChI is InChI=1S/C27H35N3O5/c1-16(2)34-25(32)13-18-11-20-19-10-17(14-28)6-7-21(19)30(22(20)12-18)15-23-24(31)8-9-29(23)26(33)35-27(3,4)5/h6-7,10,16,18,23-24,31H,8-9,11-13,15H2,1-5H3/t18-,23+,24-/m0/s1. The zero-order valence-electron chi connectivity index (χ0n) is 21.2. The van der Waals surface area contributed by atoms with Crippen LogP contribution >= 0.6 is 0 Å². The van der Waals surface area contributed by atoms with Gasteiger partial charge in [0.05, 0.1) is 29.9 Å². The largest absolute Gasteiger partial charge is 0.463 e. The molecule has 1 N–H and O–H groups in total. The molecule has 188 valence electrons.